The Labute approximate surface area is 202 Å². The molecule has 0 aliphatic heterocycles. The van der Waals surface area contributed by atoms with Gasteiger partial charge in [0.05, 0.1) is 11.9 Å². The van der Waals surface area contributed by atoms with Crippen LogP contribution in [-0.4, -0.2) is 11.4 Å². The fourth-order valence-corrected chi connectivity index (χ4v) is 3.93. The van der Waals surface area contributed by atoms with E-state index in [0.29, 0.717) is 11.5 Å². The summed E-state index contributed by atoms with van der Waals surface area (Å²) in [4.78, 5) is 4.53. The molecule has 0 saturated heterocycles. The molecule has 7 nitrogen and oxygen atoms in total. The first-order chi connectivity index (χ1) is 17.0. The van der Waals surface area contributed by atoms with Crippen LogP contribution in [0.2, 0.25) is 0 Å². The minimum absolute atomic E-state index is 0.143. The van der Waals surface area contributed by atoms with Crippen molar-refractivity contribution < 1.29 is 23.7 Å². The molecule has 1 atom stereocenters. The summed E-state index contributed by atoms with van der Waals surface area (Å²) in [6, 6.07) is 26.0. The van der Waals surface area contributed by atoms with Crippen LogP contribution in [0, 0.1) is 19.1 Å². The molecule has 0 fully saturated rings. The van der Waals surface area contributed by atoms with Gasteiger partial charge in [0.2, 0.25) is 0 Å². The zero-order valence-corrected chi connectivity index (χ0v) is 19.3. The summed E-state index contributed by atoms with van der Waals surface area (Å²) in [5.41, 5.74) is 2.85. The van der Waals surface area contributed by atoms with Crippen LogP contribution in [0.25, 0.3) is 11.3 Å². The summed E-state index contributed by atoms with van der Waals surface area (Å²) in [6.07, 6.45) is 1.66. The van der Waals surface area contributed by atoms with Gasteiger partial charge in [0.1, 0.15) is 40.5 Å². The summed E-state index contributed by atoms with van der Waals surface area (Å²) in [6.45, 7) is 3.85. The van der Waals surface area contributed by atoms with Crippen molar-refractivity contribution in [1.82, 2.24) is 0 Å². The van der Waals surface area contributed by atoms with E-state index in [1.165, 1.54) is 0 Å². The maximum absolute atomic E-state index is 11.0. The Hall–Kier alpha value is -4.17. The largest absolute Gasteiger partial charge is 0.595 e. The van der Waals surface area contributed by atoms with Gasteiger partial charge in [-0.25, -0.2) is 5.21 Å². The van der Waals surface area contributed by atoms with E-state index >= 15 is 0 Å². The number of hydrogen-bond donors (Lipinski definition) is 2. The molecule has 0 saturated carbocycles. The first-order valence-electron chi connectivity index (χ1n) is 11.2. The van der Waals surface area contributed by atoms with Crippen LogP contribution in [-0.2, 0) is 0 Å². The van der Waals surface area contributed by atoms with Crippen molar-refractivity contribution in [2.45, 2.75) is 19.8 Å². The Morgan fingerprint density at radius 3 is 1.94 bits per heavy atom. The van der Waals surface area contributed by atoms with Crippen LogP contribution in [0.1, 0.15) is 40.3 Å². The SMILES string of the molecule is Cc1ccc(C(c2ccc(N=Cc3ccc(-c4ccc([NH+]([O-])O)cc4)o3)cc2)c2ccc(C)o2)o1. The van der Waals surface area contributed by atoms with Gasteiger partial charge in [-0.1, -0.05) is 12.1 Å². The molecule has 5 rings (SSSR count). The molecule has 0 spiro atoms. The molecule has 0 bridgehead atoms. The third-order valence-corrected chi connectivity index (χ3v) is 5.70. The zero-order valence-electron chi connectivity index (χ0n) is 19.3. The van der Waals surface area contributed by atoms with Gasteiger partial charge in [-0.15, -0.1) is 0 Å². The second-order valence-electron chi connectivity index (χ2n) is 8.26. The minimum Gasteiger partial charge on any atom is -0.595 e. The molecule has 2 N–H and O–H groups in total. The molecular weight excluding hydrogens is 444 g/mol. The zero-order chi connectivity index (χ0) is 24.4. The second-order valence-corrected chi connectivity index (χ2v) is 8.26. The van der Waals surface area contributed by atoms with Crippen LogP contribution in [0.3, 0.4) is 0 Å². The number of nitrogens with zero attached hydrogens (tertiary/aromatic N) is 1. The molecule has 3 heterocycles. The fourth-order valence-electron chi connectivity index (χ4n) is 3.93. The molecule has 176 valence electrons. The van der Waals surface area contributed by atoms with Gasteiger partial charge in [0, 0.05) is 17.7 Å². The predicted molar refractivity (Wildman–Crippen MR) is 131 cm³/mol. The third kappa shape index (κ3) is 5.02. The maximum atomic E-state index is 11.0. The number of quaternary nitrogens is 1. The van der Waals surface area contributed by atoms with Gasteiger partial charge in [-0.05, 0) is 80.1 Å². The predicted octanol–water partition coefficient (Wildman–Crippen LogP) is 6.08. The Bertz CT molecular complexity index is 1400. The molecule has 7 heteroatoms. The van der Waals surface area contributed by atoms with Crippen LogP contribution < -0.4 is 5.23 Å². The van der Waals surface area contributed by atoms with E-state index in [4.69, 9.17) is 18.5 Å². The van der Waals surface area contributed by atoms with Crippen LogP contribution in [0.4, 0.5) is 11.4 Å². The average Bonchev–Trinajstić information content (AvgIpc) is 3.61. The quantitative estimate of drug-likeness (QED) is 0.223. The molecule has 0 aliphatic carbocycles. The van der Waals surface area contributed by atoms with Gasteiger partial charge in [-0.3, -0.25) is 4.99 Å². The van der Waals surface area contributed by atoms with Crippen LogP contribution in [0.5, 0.6) is 0 Å². The summed E-state index contributed by atoms with van der Waals surface area (Å²) in [5.74, 6) is 4.46. The van der Waals surface area contributed by atoms with Gasteiger partial charge < -0.3 is 18.5 Å². The lowest BCUT2D eigenvalue weighted by Gasteiger charge is -2.13. The molecule has 0 amide bonds. The number of aliphatic imine (C=N–C) groups is 1. The standard InChI is InChI=1S/C28H24N2O5/c1-18-3-14-26(33-18)28(27-15-4-19(2)34-27)21-5-9-22(10-6-21)29-17-24-13-16-25(35-24)20-7-11-23(12-8-20)30(31)32/h3-17,28,30-31H,1-2H3. The number of hydrogen-bond acceptors (Lipinski definition) is 6. The van der Waals surface area contributed by atoms with E-state index in [-0.39, 0.29) is 11.6 Å². The Morgan fingerprint density at radius 2 is 1.40 bits per heavy atom. The Morgan fingerprint density at radius 1 is 0.771 bits per heavy atom. The average molecular weight is 469 g/mol. The van der Waals surface area contributed by atoms with Gasteiger partial charge in [0.25, 0.3) is 0 Å². The van der Waals surface area contributed by atoms with Crippen molar-refractivity contribution in [3.8, 4) is 11.3 Å². The van der Waals surface area contributed by atoms with Gasteiger partial charge >= 0.3 is 0 Å². The van der Waals surface area contributed by atoms with Crippen LogP contribution in [0.15, 0.2) is 103 Å². The van der Waals surface area contributed by atoms with Crippen molar-refractivity contribution >= 4 is 17.6 Å². The Kier molecular flexibility index (Phi) is 6.20. The lowest BCUT2D eigenvalue weighted by Crippen LogP contribution is -2.99. The molecule has 35 heavy (non-hydrogen) atoms. The van der Waals surface area contributed by atoms with E-state index in [9.17, 15) is 5.21 Å². The van der Waals surface area contributed by atoms with Crippen molar-refractivity contribution in [3.05, 3.63) is 125 Å². The monoisotopic (exact) mass is 468 g/mol. The lowest BCUT2D eigenvalue weighted by atomic mass is 9.94. The number of rotatable bonds is 7. The number of benzene rings is 2. The van der Waals surface area contributed by atoms with Gasteiger partial charge in [-0.2, -0.15) is 5.23 Å². The molecule has 0 radical (unpaired) electrons. The third-order valence-electron chi connectivity index (χ3n) is 5.70. The van der Waals surface area contributed by atoms with E-state index in [1.807, 2.05) is 74.5 Å². The Balaban J connectivity index is 1.34. The number of nitrogens with one attached hydrogen (secondary N) is 1. The van der Waals surface area contributed by atoms with Crippen molar-refractivity contribution in [1.29, 1.82) is 0 Å². The van der Waals surface area contributed by atoms with Gasteiger partial charge in [0.15, 0.2) is 5.69 Å². The van der Waals surface area contributed by atoms with Crippen molar-refractivity contribution in [3.63, 3.8) is 0 Å². The van der Waals surface area contributed by atoms with Crippen molar-refractivity contribution in [2.24, 2.45) is 4.99 Å². The van der Waals surface area contributed by atoms with Crippen molar-refractivity contribution in [2.75, 3.05) is 0 Å². The van der Waals surface area contributed by atoms with Crippen LogP contribution >= 0.6 is 0 Å². The highest BCUT2D eigenvalue weighted by Crippen LogP contribution is 2.35. The normalized spacial score (nSPS) is 12.6. The minimum atomic E-state index is -0.959. The summed E-state index contributed by atoms with van der Waals surface area (Å²) >= 11 is 0. The van der Waals surface area contributed by atoms with E-state index in [0.717, 1.165) is 39.9 Å². The lowest BCUT2D eigenvalue weighted by molar-refractivity contribution is -0.991. The summed E-state index contributed by atoms with van der Waals surface area (Å²) in [7, 11) is 0. The van der Waals surface area contributed by atoms with E-state index in [1.54, 1.807) is 30.5 Å². The van der Waals surface area contributed by atoms with E-state index < -0.39 is 5.23 Å². The summed E-state index contributed by atoms with van der Waals surface area (Å²) < 4.78 is 17.7. The number of aryl methyl sites for hydroxylation is 2. The number of furan rings is 3. The topological polar surface area (TPSA) is 99.5 Å². The van der Waals surface area contributed by atoms with E-state index in [2.05, 4.69) is 4.99 Å². The molecule has 0 aliphatic rings. The highest BCUT2D eigenvalue weighted by atomic mass is 16.8. The molecular formula is C28H24N2O5. The maximum Gasteiger partial charge on any atom is 0.163 e. The molecule has 5 aromatic rings. The highest BCUT2D eigenvalue weighted by molar-refractivity contribution is 5.80. The molecule has 2 aromatic carbocycles. The molecule has 1 unspecified atom stereocenters. The molecule has 3 aromatic heterocycles. The highest BCUT2D eigenvalue weighted by Gasteiger charge is 2.23. The smallest absolute Gasteiger partial charge is 0.163 e. The first-order valence-corrected chi connectivity index (χ1v) is 11.2. The fraction of sp³-hybridized carbons (Fsp3) is 0.107. The second kappa shape index (κ2) is 9.60. The first kappa shape index (κ1) is 22.6. The summed E-state index contributed by atoms with van der Waals surface area (Å²) in [5, 5.41) is 19.1.